The van der Waals surface area contributed by atoms with E-state index in [2.05, 4.69) is 0 Å². The third kappa shape index (κ3) is 4.34. The zero-order valence-corrected chi connectivity index (χ0v) is 11.6. The van der Waals surface area contributed by atoms with E-state index in [1.807, 2.05) is 0 Å². The first-order valence-electron chi connectivity index (χ1n) is 5.57. The van der Waals surface area contributed by atoms with Gasteiger partial charge >= 0.3 is 6.18 Å². The van der Waals surface area contributed by atoms with Crippen LogP contribution in [0.4, 0.5) is 23.2 Å². The number of nitrogens with one attached hydrogen (secondary N) is 1. The van der Waals surface area contributed by atoms with Crippen LogP contribution in [0.2, 0.25) is 0 Å². The van der Waals surface area contributed by atoms with E-state index < -0.39 is 39.4 Å². The van der Waals surface area contributed by atoms with Crippen LogP contribution in [0.1, 0.15) is 18.9 Å². The lowest BCUT2D eigenvalue weighted by atomic mass is 10.2. The fourth-order valence-corrected chi connectivity index (χ4v) is 2.93. The first kappa shape index (κ1) is 16.7. The van der Waals surface area contributed by atoms with E-state index in [-0.39, 0.29) is 5.69 Å². The molecule has 0 bridgehead atoms. The Morgan fingerprint density at radius 2 is 1.90 bits per heavy atom. The maximum Gasteiger partial charge on any atom is 0.390 e. The number of alkyl halides is 3. The van der Waals surface area contributed by atoms with E-state index in [4.69, 9.17) is 5.73 Å². The molecule has 1 atom stereocenters. The second-order valence-electron chi connectivity index (χ2n) is 4.48. The minimum atomic E-state index is -4.52. The summed E-state index contributed by atoms with van der Waals surface area (Å²) in [6, 6.07) is 0.382. The highest BCUT2D eigenvalue weighted by Crippen LogP contribution is 2.24. The van der Waals surface area contributed by atoms with E-state index in [0.29, 0.717) is 5.56 Å². The molecule has 0 aromatic heterocycles. The van der Waals surface area contributed by atoms with Crippen molar-refractivity contribution in [2.24, 2.45) is 0 Å². The Kier molecular flexibility index (Phi) is 4.65. The van der Waals surface area contributed by atoms with Gasteiger partial charge in [-0.3, -0.25) is 0 Å². The van der Waals surface area contributed by atoms with Crippen LogP contribution in [0.5, 0.6) is 0 Å². The Balaban J connectivity index is 3.03. The molecule has 0 saturated carbocycles. The Bertz CT molecular complexity index is 599. The molecule has 0 heterocycles. The number of benzene rings is 1. The third-order valence-electron chi connectivity index (χ3n) is 2.50. The molecule has 1 unspecified atom stereocenters. The van der Waals surface area contributed by atoms with Crippen LogP contribution in [-0.4, -0.2) is 20.6 Å². The molecule has 1 rings (SSSR count). The number of aryl methyl sites for hydroxylation is 1. The van der Waals surface area contributed by atoms with Gasteiger partial charge < -0.3 is 5.73 Å². The van der Waals surface area contributed by atoms with Crippen molar-refractivity contribution in [3.8, 4) is 0 Å². The van der Waals surface area contributed by atoms with Gasteiger partial charge in [-0.05, 0) is 31.5 Å². The average molecular weight is 314 g/mol. The van der Waals surface area contributed by atoms with Gasteiger partial charge in [-0.1, -0.05) is 0 Å². The molecule has 0 saturated heterocycles. The smallest absolute Gasteiger partial charge is 0.390 e. The molecule has 3 N–H and O–H groups in total. The zero-order chi connectivity index (χ0) is 15.7. The number of halogens is 4. The van der Waals surface area contributed by atoms with Crippen molar-refractivity contribution >= 4 is 15.7 Å². The number of hydrogen-bond donors (Lipinski definition) is 2. The number of hydrogen-bond acceptors (Lipinski definition) is 3. The van der Waals surface area contributed by atoms with Gasteiger partial charge in [0.15, 0.2) is 0 Å². The number of anilines is 1. The van der Waals surface area contributed by atoms with Gasteiger partial charge in [-0.2, -0.15) is 13.2 Å². The molecule has 20 heavy (non-hydrogen) atoms. The quantitative estimate of drug-likeness (QED) is 0.662. The lowest BCUT2D eigenvalue weighted by Gasteiger charge is -2.16. The van der Waals surface area contributed by atoms with Crippen LogP contribution in [0.15, 0.2) is 17.0 Å². The van der Waals surface area contributed by atoms with Crippen molar-refractivity contribution in [1.29, 1.82) is 0 Å². The minimum absolute atomic E-state index is 0.0373. The van der Waals surface area contributed by atoms with E-state index >= 15 is 0 Å². The molecule has 114 valence electrons. The first-order chi connectivity index (χ1) is 8.92. The lowest BCUT2D eigenvalue weighted by Crippen LogP contribution is -2.36. The van der Waals surface area contributed by atoms with E-state index in [9.17, 15) is 26.0 Å². The molecule has 0 fully saturated rings. The van der Waals surface area contributed by atoms with E-state index in [0.717, 1.165) is 19.1 Å². The van der Waals surface area contributed by atoms with E-state index in [1.165, 1.54) is 6.92 Å². The van der Waals surface area contributed by atoms with Crippen molar-refractivity contribution in [1.82, 2.24) is 4.72 Å². The largest absolute Gasteiger partial charge is 0.398 e. The van der Waals surface area contributed by atoms with Gasteiger partial charge in [0.1, 0.15) is 10.7 Å². The first-order valence-corrected chi connectivity index (χ1v) is 7.05. The molecule has 0 aliphatic heterocycles. The number of nitrogen functional groups attached to an aromatic ring is 1. The molecule has 0 aliphatic rings. The number of nitrogens with two attached hydrogens (primary N) is 1. The second-order valence-corrected chi connectivity index (χ2v) is 6.16. The molecule has 1 aromatic carbocycles. The standard InChI is InChI=1S/C11H14F4N2O2S/c1-6-3-8(12)10(4-9(6)16)20(18,19)17-7(2)5-11(13,14)15/h3-4,7,17H,5,16H2,1-2H3. The van der Waals surface area contributed by atoms with Gasteiger partial charge in [0.25, 0.3) is 0 Å². The molecule has 0 amide bonds. The van der Waals surface area contributed by atoms with Crippen LogP contribution in [0.25, 0.3) is 0 Å². The summed E-state index contributed by atoms with van der Waals surface area (Å²) in [6.45, 7) is 2.52. The lowest BCUT2D eigenvalue weighted by molar-refractivity contribution is -0.137. The van der Waals surface area contributed by atoms with Crippen molar-refractivity contribution in [2.75, 3.05) is 5.73 Å². The molecule has 1 aromatic rings. The number of sulfonamides is 1. The zero-order valence-electron chi connectivity index (χ0n) is 10.8. The molecular formula is C11H14F4N2O2S. The summed E-state index contributed by atoms with van der Waals surface area (Å²) in [7, 11) is -4.41. The number of rotatable bonds is 4. The van der Waals surface area contributed by atoms with Gasteiger partial charge in [-0.15, -0.1) is 0 Å². The van der Waals surface area contributed by atoms with Gasteiger partial charge in [0.2, 0.25) is 10.0 Å². The highest BCUT2D eigenvalue weighted by Gasteiger charge is 2.32. The minimum Gasteiger partial charge on any atom is -0.398 e. The van der Waals surface area contributed by atoms with Crippen molar-refractivity contribution < 1.29 is 26.0 Å². The third-order valence-corrected chi connectivity index (χ3v) is 4.11. The van der Waals surface area contributed by atoms with Crippen LogP contribution >= 0.6 is 0 Å². The van der Waals surface area contributed by atoms with Crippen LogP contribution in [-0.2, 0) is 10.0 Å². The summed E-state index contributed by atoms with van der Waals surface area (Å²) in [6.07, 6.45) is -5.87. The molecule has 9 heteroatoms. The maximum atomic E-state index is 13.6. The van der Waals surface area contributed by atoms with Crippen LogP contribution in [0.3, 0.4) is 0 Å². The van der Waals surface area contributed by atoms with Crippen LogP contribution < -0.4 is 10.5 Å². The van der Waals surface area contributed by atoms with Crippen molar-refractivity contribution in [3.05, 3.63) is 23.5 Å². The molecule has 4 nitrogen and oxygen atoms in total. The predicted molar refractivity (Wildman–Crippen MR) is 66.0 cm³/mol. The average Bonchev–Trinajstić information content (AvgIpc) is 2.19. The van der Waals surface area contributed by atoms with Crippen molar-refractivity contribution in [3.63, 3.8) is 0 Å². The molecular weight excluding hydrogens is 300 g/mol. The fourth-order valence-electron chi connectivity index (χ4n) is 1.59. The van der Waals surface area contributed by atoms with Crippen molar-refractivity contribution in [2.45, 2.75) is 37.4 Å². The van der Waals surface area contributed by atoms with Crippen LogP contribution in [0, 0.1) is 12.7 Å². The summed E-state index contributed by atoms with van der Waals surface area (Å²) in [4.78, 5) is -0.769. The normalized spacial score (nSPS) is 14.3. The maximum absolute atomic E-state index is 13.6. The summed E-state index contributed by atoms with van der Waals surface area (Å²) >= 11 is 0. The summed E-state index contributed by atoms with van der Waals surface area (Å²) < 4.78 is 75.5. The van der Waals surface area contributed by atoms with Gasteiger partial charge in [0, 0.05) is 11.7 Å². The summed E-state index contributed by atoms with van der Waals surface area (Å²) in [5.74, 6) is -1.07. The Hall–Kier alpha value is -1.35. The molecule has 0 radical (unpaired) electrons. The topological polar surface area (TPSA) is 72.2 Å². The highest BCUT2D eigenvalue weighted by atomic mass is 32.2. The molecule has 0 spiro atoms. The van der Waals surface area contributed by atoms with Gasteiger partial charge in [0.05, 0.1) is 6.42 Å². The monoisotopic (exact) mass is 314 g/mol. The van der Waals surface area contributed by atoms with E-state index in [1.54, 1.807) is 4.72 Å². The van der Waals surface area contributed by atoms with Gasteiger partial charge in [-0.25, -0.2) is 17.5 Å². The predicted octanol–water partition coefficient (Wildman–Crippen LogP) is 2.34. The SMILES string of the molecule is Cc1cc(F)c(S(=O)(=O)NC(C)CC(F)(F)F)cc1N. The summed E-state index contributed by atoms with van der Waals surface area (Å²) in [5.41, 5.74) is 5.85. The Labute approximate surface area is 114 Å². The molecule has 0 aliphatic carbocycles. The Morgan fingerprint density at radius 3 is 2.40 bits per heavy atom. The Morgan fingerprint density at radius 1 is 1.35 bits per heavy atom. The highest BCUT2D eigenvalue weighted by molar-refractivity contribution is 7.89. The summed E-state index contributed by atoms with van der Waals surface area (Å²) in [5, 5.41) is 0. The second kappa shape index (κ2) is 5.57. The fraction of sp³-hybridized carbons (Fsp3) is 0.455.